The summed E-state index contributed by atoms with van der Waals surface area (Å²) in [6.45, 7) is 2.67. The Bertz CT molecular complexity index is 601. The molecular formula is C16H17ClN2OS. The first-order valence-corrected chi connectivity index (χ1v) is 8.00. The Morgan fingerprint density at radius 3 is 2.67 bits per heavy atom. The van der Waals surface area contributed by atoms with E-state index in [-0.39, 0.29) is 6.03 Å². The minimum absolute atomic E-state index is 0.221. The number of rotatable bonds is 5. The minimum atomic E-state index is -0.221. The van der Waals surface area contributed by atoms with Gasteiger partial charge >= 0.3 is 6.03 Å². The summed E-state index contributed by atoms with van der Waals surface area (Å²) in [7, 11) is 0. The molecule has 0 unspecified atom stereocenters. The van der Waals surface area contributed by atoms with Crippen LogP contribution >= 0.6 is 23.4 Å². The number of carbonyl (C=O) groups is 1. The number of halogens is 1. The van der Waals surface area contributed by atoms with Crippen molar-refractivity contribution in [2.75, 3.05) is 17.6 Å². The predicted molar refractivity (Wildman–Crippen MR) is 90.4 cm³/mol. The van der Waals surface area contributed by atoms with Gasteiger partial charge in [0.1, 0.15) is 0 Å². The maximum Gasteiger partial charge on any atom is 0.319 e. The summed E-state index contributed by atoms with van der Waals surface area (Å²) in [5.74, 6) is 0.825. The fourth-order valence-corrected chi connectivity index (χ4v) is 2.67. The number of nitrogens with one attached hydrogen (secondary N) is 2. The molecular weight excluding hydrogens is 304 g/mol. The molecule has 0 aromatic heterocycles. The van der Waals surface area contributed by atoms with Gasteiger partial charge in [0.05, 0.1) is 0 Å². The van der Waals surface area contributed by atoms with Crippen LogP contribution in [-0.2, 0) is 0 Å². The molecule has 110 valence electrons. The van der Waals surface area contributed by atoms with E-state index in [9.17, 15) is 4.79 Å². The molecule has 2 aromatic carbocycles. The summed E-state index contributed by atoms with van der Waals surface area (Å²) >= 11 is 7.58. The lowest BCUT2D eigenvalue weighted by Gasteiger charge is -2.08. The highest BCUT2D eigenvalue weighted by Gasteiger charge is 2.01. The van der Waals surface area contributed by atoms with E-state index >= 15 is 0 Å². The molecule has 0 saturated heterocycles. The Kier molecular flexibility index (Phi) is 5.96. The van der Waals surface area contributed by atoms with Crippen LogP contribution in [0.3, 0.4) is 0 Å². The first kappa shape index (κ1) is 15.7. The molecule has 0 spiro atoms. The molecule has 0 atom stereocenters. The second kappa shape index (κ2) is 7.96. The van der Waals surface area contributed by atoms with Crippen LogP contribution in [0.25, 0.3) is 0 Å². The number of thioether (sulfide) groups is 1. The lowest BCUT2D eigenvalue weighted by atomic mass is 10.2. The zero-order valence-electron chi connectivity index (χ0n) is 11.7. The van der Waals surface area contributed by atoms with E-state index < -0.39 is 0 Å². The van der Waals surface area contributed by atoms with E-state index in [2.05, 4.69) is 41.8 Å². The molecule has 2 rings (SSSR count). The number of aryl methyl sites for hydroxylation is 1. The molecule has 5 heteroatoms. The Labute approximate surface area is 134 Å². The molecule has 3 nitrogen and oxygen atoms in total. The predicted octanol–water partition coefficient (Wildman–Crippen LogP) is 4.56. The van der Waals surface area contributed by atoms with Crippen LogP contribution in [0.2, 0.25) is 5.02 Å². The molecule has 2 N–H and O–H groups in total. The number of carbonyl (C=O) groups excluding carboxylic acids is 1. The Morgan fingerprint density at radius 1 is 1.19 bits per heavy atom. The van der Waals surface area contributed by atoms with Gasteiger partial charge in [-0.3, -0.25) is 0 Å². The number of hydrogen-bond acceptors (Lipinski definition) is 2. The topological polar surface area (TPSA) is 41.1 Å². The normalized spacial score (nSPS) is 10.2. The van der Waals surface area contributed by atoms with Crippen molar-refractivity contribution in [1.29, 1.82) is 0 Å². The van der Waals surface area contributed by atoms with Gasteiger partial charge in [0, 0.05) is 27.9 Å². The minimum Gasteiger partial charge on any atom is -0.337 e. The van der Waals surface area contributed by atoms with Crippen LogP contribution in [0.5, 0.6) is 0 Å². The molecule has 0 radical (unpaired) electrons. The molecule has 0 fully saturated rings. The zero-order chi connectivity index (χ0) is 15.1. The van der Waals surface area contributed by atoms with Crippen molar-refractivity contribution in [3.63, 3.8) is 0 Å². The van der Waals surface area contributed by atoms with Crippen LogP contribution in [-0.4, -0.2) is 18.3 Å². The van der Waals surface area contributed by atoms with Crippen LogP contribution in [0, 0.1) is 6.92 Å². The highest BCUT2D eigenvalue weighted by atomic mass is 35.5. The number of urea groups is 1. The van der Waals surface area contributed by atoms with Gasteiger partial charge in [0.15, 0.2) is 0 Å². The van der Waals surface area contributed by atoms with Crippen molar-refractivity contribution in [2.45, 2.75) is 11.8 Å². The summed E-state index contributed by atoms with van der Waals surface area (Å²) in [6, 6.07) is 15.2. The average Bonchev–Trinajstić information content (AvgIpc) is 2.45. The first-order chi connectivity index (χ1) is 10.1. The van der Waals surface area contributed by atoms with E-state index in [1.54, 1.807) is 36.0 Å². The number of hydrogen-bond donors (Lipinski definition) is 2. The van der Waals surface area contributed by atoms with Gasteiger partial charge in [-0.25, -0.2) is 4.79 Å². The third kappa shape index (κ3) is 5.69. The molecule has 0 saturated carbocycles. The van der Waals surface area contributed by atoms with Gasteiger partial charge in [0.25, 0.3) is 0 Å². The van der Waals surface area contributed by atoms with E-state index in [4.69, 9.17) is 11.6 Å². The molecule has 2 amide bonds. The van der Waals surface area contributed by atoms with Crippen molar-refractivity contribution in [1.82, 2.24) is 5.32 Å². The van der Waals surface area contributed by atoms with Gasteiger partial charge in [-0.05, 0) is 37.3 Å². The molecule has 0 aliphatic heterocycles. The van der Waals surface area contributed by atoms with Gasteiger partial charge in [-0.15, -0.1) is 11.8 Å². The second-order valence-corrected chi connectivity index (χ2v) is 6.16. The van der Waals surface area contributed by atoms with Crippen LogP contribution < -0.4 is 10.6 Å². The average molecular weight is 321 g/mol. The van der Waals surface area contributed by atoms with Crippen LogP contribution in [0.1, 0.15) is 5.56 Å². The van der Waals surface area contributed by atoms with Crippen molar-refractivity contribution < 1.29 is 4.79 Å². The quantitative estimate of drug-likeness (QED) is 0.626. The third-order valence-electron chi connectivity index (χ3n) is 2.76. The van der Waals surface area contributed by atoms with E-state index in [1.807, 2.05) is 0 Å². The highest BCUT2D eigenvalue weighted by molar-refractivity contribution is 7.99. The smallest absolute Gasteiger partial charge is 0.319 e. The highest BCUT2D eigenvalue weighted by Crippen LogP contribution is 2.17. The van der Waals surface area contributed by atoms with Crippen LogP contribution in [0.4, 0.5) is 10.5 Å². The van der Waals surface area contributed by atoms with Gasteiger partial charge < -0.3 is 10.6 Å². The molecule has 0 aliphatic carbocycles. The maximum atomic E-state index is 11.7. The van der Waals surface area contributed by atoms with Gasteiger partial charge in [0.2, 0.25) is 0 Å². The number of benzene rings is 2. The number of amides is 2. The zero-order valence-corrected chi connectivity index (χ0v) is 13.3. The van der Waals surface area contributed by atoms with Crippen molar-refractivity contribution in [2.24, 2.45) is 0 Å². The molecule has 2 aromatic rings. The Morgan fingerprint density at radius 2 is 1.95 bits per heavy atom. The third-order valence-corrected chi connectivity index (χ3v) is 4.01. The van der Waals surface area contributed by atoms with Gasteiger partial charge in [-0.2, -0.15) is 0 Å². The standard InChI is InChI=1S/C16H17ClN2OS/c1-12-5-7-15(8-6-12)21-10-9-18-16(20)19-14-4-2-3-13(17)11-14/h2-8,11H,9-10H2,1H3,(H2,18,19,20). The lowest BCUT2D eigenvalue weighted by molar-refractivity contribution is 0.252. The van der Waals surface area contributed by atoms with Crippen molar-refractivity contribution >= 4 is 35.1 Å². The SMILES string of the molecule is Cc1ccc(SCCNC(=O)Nc2cccc(Cl)c2)cc1. The lowest BCUT2D eigenvalue weighted by Crippen LogP contribution is -2.30. The molecule has 0 bridgehead atoms. The second-order valence-electron chi connectivity index (χ2n) is 4.55. The number of anilines is 1. The molecule has 0 heterocycles. The van der Waals surface area contributed by atoms with Crippen LogP contribution in [0.15, 0.2) is 53.4 Å². The Hall–Kier alpha value is -1.65. The summed E-state index contributed by atoms with van der Waals surface area (Å²) in [5, 5.41) is 6.16. The van der Waals surface area contributed by atoms with Gasteiger partial charge in [-0.1, -0.05) is 35.4 Å². The van der Waals surface area contributed by atoms with E-state index in [0.717, 1.165) is 5.75 Å². The van der Waals surface area contributed by atoms with E-state index in [1.165, 1.54) is 10.5 Å². The summed E-state index contributed by atoms with van der Waals surface area (Å²) in [6.07, 6.45) is 0. The first-order valence-electron chi connectivity index (χ1n) is 6.63. The maximum absolute atomic E-state index is 11.7. The van der Waals surface area contributed by atoms with E-state index in [0.29, 0.717) is 17.3 Å². The Balaban J connectivity index is 1.68. The summed E-state index contributed by atoms with van der Waals surface area (Å²) < 4.78 is 0. The fraction of sp³-hybridized carbons (Fsp3) is 0.188. The largest absolute Gasteiger partial charge is 0.337 e. The van der Waals surface area contributed by atoms with Crippen molar-refractivity contribution in [3.05, 3.63) is 59.1 Å². The molecule has 21 heavy (non-hydrogen) atoms. The fourth-order valence-electron chi connectivity index (χ4n) is 1.71. The monoisotopic (exact) mass is 320 g/mol. The van der Waals surface area contributed by atoms with Crippen molar-refractivity contribution in [3.8, 4) is 0 Å². The summed E-state index contributed by atoms with van der Waals surface area (Å²) in [5.41, 5.74) is 1.93. The molecule has 0 aliphatic rings. The summed E-state index contributed by atoms with van der Waals surface area (Å²) in [4.78, 5) is 12.9.